The van der Waals surface area contributed by atoms with Crippen molar-refractivity contribution in [3.05, 3.63) is 47.0 Å². The molecule has 23 heavy (non-hydrogen) atoms. The first kappa shape index (κ1) is 15.6. The van der Waals surface area contributed by atoms with Gasteiger partial charge >= 0.3 is 5.97 Å². The van der Waals surface area contributed by atoms with Crippen LogP contribution in [-0.2, 0) is 23.1 Å². The Kier molecular flexibility index (Phi) is 4.11. The van der Waals surface area contributed by atoms with E-state index < -0.39 is 0 Å². The molecule has 0 saturated heterocycles. The van der Waals surface area contributed by atoms with Crippen LogP contribution in [0.25, 0.3) is 0 Å². The van der Waals surface area contributed by atoms with E-state index >= 15 is 0 Å². The molecule has 1 N–H and O–H groups in total. The van der Waals surface area contributed by atoms with Gasteiger partial charge in [0.2, 0.25) is 0 Å². The molecule has 0 bridgehead atoms. The number of nitrogens with one attached hydrogen (secondary N) is 1. The second-order valence-electron chi connectivity index (χ2n) is 6.43. The second kappa shape index (κ2) is 6.07. The Morgan fingerprint density at radius 1 is 1.48 bits per heavy atom. The zero-order valence-electron chi connectivity index (χ0n) is 13.8. The van der Waals surface area contributed by atoms with E-state index in [1.54, 1.807) is 13.2 Å². The number of nitrogens with zero attached hydrogens (tertiary/aromatic N) is 1. The average Bonchev–Trinajstić information content (AvgIpc) is 3.13. The van der Waals surface area contributed by atoms with E-state index in [1.165, 1.54) is 0 Å². The van der Waals surface area contributed by atoms with Crippen LogP contribution in [0.2, 0.25) is 0 Å². The predicted molar refractivity (Wildman–Crippen MR) is 87.6 cm³/mol. The van der Waals surface area contributed by atoms with E-state index in [0.29, 0.717) is 24.5 Å². The number of hydrogen-bond donors (Lipinski definition) is 1. The van der Waals surface area contributed by atoms with Gasteiger partial charge in [-0.05, 0) is 43.5 Å². The predicted octanol–water partition coefficient (Wildman–Crippen LogP) is 3.69. The fourth-order valence-electron chi connectivity index (χ4n) is 2.98. The van der Waals surface area contributed by atoms with Crippen LogP contribution >= 0.6 is 0 Å². The van der Waals surface area contributed by atoms with Crippen LogP contribution in [-0.4, -0.2) is 17.6 Å². The van der Waals surface area contributed by atoms with Crippen molar-refractivity contribution in [3.63, 3.8) is 0 Å². The van der Waals surface area contributed by atoms with E-state index in [0.717, 1.165) is 29.9 Å². The van der Waals surface area contributed by atoms with Gasteiger partial charge in [0, 0.05) is 5.41 Å². The number of aryl methyl sites for hydroxylation is 1. The first-order chi connectivity index (χ1) is 11.0. The maximum Gasteiger partial charge on any atom is 0.341 e. The highest BCUT2D eigenvalue weighted by Gasteiger charge is 2.33. The summed E-state index contributed by atoms with van der Waals surface area (Å²) in [6.45, 7) is 7.00. The summed E-state index contributed by atoms with van der Waals surface area (Å²) in [6, 6.07) is 5.65. The molecule has 1 aliphatic carbocycles. The fourth-order valence-corrected chi connectivity index (χ4v) is 2.98. The van der Waals surface area contributed by atoms with Crippen molar-refractivity contribution in [2.24, 2.45) is 0 Å². The highest BCUT2D eigenvalue weighted by Crippen LogP contribution is 2.38. The highest BCUT2D eigenvalue weighted by molar-refractivity contribution is 5.95. The minimum absolute atomic E-state index is 0.0314. The number of furan rings is 1. The molecule has 2 aromatic heterocycles. The third-order valence-corrected chi connectivity index (χ3v) is 4.27. The van der Waals surface area contributed by atoms with Gasteiger partial charge in [0.05, 0.1) is 25.1 Å². The van der Waals surface area contributed by atoms with E-state index in [1.807, 2.05) is 18.2 Å². The number of esters is 1. The molecule has 0 aromatic carbocycles. The summed E-state index contributed by atoms with van der Waals surface area (Å²) in [5, 5.41) is 3.22. The summed E-state index contributed by atoms with van der Waals surface area (Å²) in [5.74, 6) is 1.02. The van der Waals surface area contributed by atoms with Gasteiger partial charge in [-0.2, -0.15) is 0 Å². The lowest BCUT2D eigenvalue weighted by molar-refractivity contribution is 0.0527. The number of aromatic nitrogens is 1. The summed E-state index contributed by atoms with van der Waals surface area (Å²) < 4.78 is 10.5. The summed E-state index contributed by atoms with van der Waals surface area (Å²) in [7, 11) is 0. The molecule has 0 atom stereocenters. The number of anilines is 1. The zero-order valence-corrected chi connectivity index (χ0v) is 13.8. The van der Waals surface area contributed by atoms with Crippen LogP contribution in [0.3, 0.4) is 0 Å². The highest BCUT2D eigenvalue weighted by atomic mass is 16.5. The number of ether oxygens (including phenoxy) is 1. The van der Waals surface area contributed by atoms with Gasteiger partial charge in [0.25, 0.3) is 0 Å². The summed E-state index contributed by atoms with van der Waals surface area (Å²) in [6.07, 6.45) is 3.61. The normalized spacial score (nSPS) is 15.3. The molecule has 0 saturated carbocycles. The quantitative estimate of drug-likeness (QED) is 0.853. The summed E-state index contributed by atoms with van der Waals surface area (Å²) in [4.78, 5) is 17.0. The van der Waals surface area contributed by atoms with Gasteiger partial charge < -0.3 is 14.5 Å². The first-order valence-corrected chi connectivity index (χ1v) is 7.99. The van der Waals surface area contributed by atoms with E-state index in [2.05, 4.69) is 19.2 Å². The first-order valence-electron chi connectivity index (χ1n) is 7.99. The Hall–Kier alpha value is -2.30. The van der Waals surface area contributed by atoms with Crippen molar-refractivity contribution in [1.29, 1.82) is 0 Å². The molecule has 1 aliphatic rings. The van der Waals surface area contributed by atoms with Crippen LogP contribution in [0.15, 0.2) is 28.9 Å². The Morgan fingerprint density at radius 2 is 2.30 bits per heavy atom. The summed E-state index contributed by atoms with van der Waals surface area (Å²) >= 11 is 0. The van der Waals surface area contributed by atoms with E-state index in [-0.39, 0.29) is 11.4 Å². The molecule has 0 fully saturated rings. The molecule has 3 rings (SSSR count). The van der Waals surface area contributed by atoms with Crippen LogP contribution in [0.5, 0.6) is 0 Å². The van der Waals surface area contributed by atoms with Gasteiger partial charge in [0.1, 0.15) is 17.1 Å². The molecule has 122 valence electrons. The molecule has 0 amide bonds. The standard InChI is InChI=1S/C18H22N2O3/c1-4-22-17(21)14-10-12-7-8-18(2,3)15(12)20-16(14)19-11-13-6-5-9-23-13/h5-6,9-10H,4,7-8,11H2,1-3H3,(H,19,20). The van der Waals surface area contributed by atoms with Crippen LogP contribution in [0.4, 0.5) is 5.82 Å². The Bertz CT molecular complexity index is 705. The molecular formula is C18H22N2O3. The smallest absolute Gasteiger partial charge is 0.341 e. The number of carbonyl (C=O) groups excluding carboxylic acids is 1. The minimum atomic E-state index is -0.338. The molecule has 5 nitrogen and oxygen atoms in total. The Morgan fingerprint density at radius 3 is 3.00 bits per heavy atom. The Labute approximate surface area is 136 Å². The number of hydrogen-bond acceptors (Lipinski definition) is 5. The van der Waals surface area contributed by atoms with E-state index in [9.17, 15) is 4.79 Å². The topological polar surface area (TPSA) is 64.4 Å². The van der Waals surface area contributed by atoms with Gasteiger partial charge in [-0.3, -0.25) is 0 Å². The number of fused-ring (bicyclic) bond motifs is 1. The maximum absolute atomic E-state index is 12.3. The van der Waals surface area contributed by atoms with Crippen molar-refractivity contribution in [1.82, 2.24) is 4.98 Å². The zero-order chi connectivity index (χ0) is 16.4. The van der Waals surface area contributed by atoms with Crippen molar-refractivity contribution >= 4 is 11.8 Å². The van der Waals surface area contributed by atoms with Gasteiger partial charge in [0.15, 0.2) is 0 Å². The third kappa shape index (κ3) is 3.09. The molecule has 0 unspecified atom stereocenters. The molecule has 0 radical (unpaired) electrons. The van der Waals surface area contributed by atoms with Crippen LogP contribution < -0.4 is 5.32 Å². The number of carbonyl (C=O) groups is 1. The average molecular weight is 314 g/mol. The van der Waals surface area contributed by atoms with Crippen LogP contribution in [0, 0.1) is 0 Å². The lowest BCUT2D eigenvalue weighted by Gasteiger charge is -2.19. The van der Waals surface area contributed by atoms with Gasteiger partial charge in [-0.25, -0.2) is 9.78 Å². The lowest BCUT2D eigenvalue weighted by Crippen LogP contribution is -2.18. The molecule has 0 aliphatic heterocycles. The number of rotatable bonds is 5. The lowest BCUT2D eigenvalue weighted by atomic mass is 9.90. The fraction of sp³-hybridized carbons (Fsp3) is 0.444. The number of pyridine rings is 1. The van der Waals surface area contributed by atoms with Crippen LogP contribution in [0.1, 0.15) is 54.6 Å². The molecule has 5 heteroatoms. The monoisotopic (exact) mass is 314 g/mol. The maximum atomic E-state index is 12.3. The molecule has 2 aromatic rings. The van der Waals surface area contributed by atoms with Gasteiger partial charge in [-0.15, -0.1) is 0 Å². The molecule has 2 heterocycles. The minimum Gasteiger partial charge on any atom is -0.467 e. The third-order valence-electron chi connectivity index (χ3n) is 4.27. The van der Waals surface area contributed by atoms with Crippen molar-refractivity contribution in [3.8, 4) is 0 Å². The Balaban J connectivity index is 1.95. The van der Waals surface area contributed by atoms with Crippen molar-refractivity contribution in [2.75, 3.05) is 11.9 Å². The largest absolute Gasteiger partial charge is 0.467 e. The van der Waals surface area contributed by atoms with Crippen molar-refractivity contribution < 1.29 is 13.9 Å². The van der Waals surface area contributed by atoms with E-state index in [4.69, 9.17) is 14.1 Å². The van der Waals surface area contributed by atoms with Crippen molar-refractivity contribution in [2.45, 2.75) is 45.6 Å². The molecular weight excluding hydrogens is 292 g/mol. The van der Waals surface area contributed by atoms with Gasteiger partial charge in [-0.1, -0.05) is 13.8 Å². The summed E-state index contributed by atoms with van der Waals surface area (Å²) in [5.41, 5.74) is 2.73. The molecule has 0 spiro atoms. The second-order valence-corrected chi connectivity index (χ2v) is 6.43. The SMILES string of the molecule is CCOC(=O)c1cc2c(nc1NCc1ccco1)C(C)(C)CC2.